The number of phenols is 1. The molecule has 2 N–H and O–H groups in total. The first-order chi connectivity index (χ1) is 7.18. The van der Waals surface area contributed by atoms with Gasteiger partial charge in [-0.2, -0.15) is 0 Å². The van der Waals surface area contributed by atoms with Gasteiger partial charge in [-0.3, -0.25) is 0 Å². The molecule has 1 fully saturated rings. The van der Waals surface area contributed by atoms with E-state index in [1.807, 2.05) is 0 Å². The van der Waals surface area contributed by atoms with E-state index in [1.54, 1.807) is 12.1 Å². The zero-order chi connectivity index (χ0) is 10.8. The van der Waals surface area contributed by atoms with Crippen LogP contribution in [0, 0.1) is 11.3 Å². The number of phenolic OH excluding ortho intramolecular Hbond substituents is 1. The summed E-state index contributed by atoms with van der Waals surface area (Å²) >= 11 is 5.75. The van der Waals surface area contributed by atoms with Crippen LogP contribution >= 0.6 is 11.6 Å². The number of benzene rings is 1. The molecule has 0 saturated heterocycles. The van der Waals surface area contributed by atoms with E-state index in [2.05, 4.69) is 0 Å². The first-order valence-electron chi connectivity index (χ1n) is 5.26. The quantitative estimate of drug-likeness (QED) is 0.740. The average Bonchev–Trinajstić information content (AvgIpc) is 2.69. The minimum atomic E-state index is 0.124. The number of halogens is 1. The Hall–Kier alpha value is -1.02. The van der Waals surface area contributed by atoms with Crippen molar-refractivity contribution in [2.24, 2.45) is 5.92 Å². The van der Waals surface area contributed by atoms with Crippen molar-refractivity contribution in [1.29, 1.82) is 5.41 Å². The molecule has 0 aliphatic heterocycles. The van der Waals surface area contributed by atoms with Gasteiger partial charge in [0.1, 0.15) is 5.75 Å². The SMILES string of the molecule is N=C(c1ccc(Cl)cc1O)C1CCCC1. The summed E-state index contributed by atoms with van der Waals surface area (Å²) in [6.07, 6.45) is 4.53. The highest BCUT2D eigenvalue weighted by Crippen LogP contribution is 2.31. The van der Waals surface area contributed by atoms with Crippen molar-refractivity contribution >= 4 is 17.3 Å². The third-order valence-corrected chi connectivity index (χ3v) is 3.25. The number of aromatic hydroxyl groups is 1. The van der Waals surface area contributed by atoms with Gasteiger partial charge in [0.05, 0.1) is 0 Å². The monoisotopic (exact) mass is 223 g/mol. The van der Waals surface area contributed by atoms with Crippen molar-refractivity contribution in [2.75, 3.05) is 0 Å². The third-order valence-electron chi connectivity index (χ3n) is 3.01. The van der Waals surface area contributed by atoms with Crippen LogP contribution in [-0.4, -0.2) is 10.8 Å². The van der Waals surface area contributed by atoms with Gasteiger partial charge in [0, 0.05) is 22.2 Å². The smallest absolute Gasteiger partial charge is 0.126 e. The summed E-state index contributed by atoms with van der Waals surface area (Å²) in [5, 5.41) is 18.2. The highest BCUT2D eigenvalue weighted by atomic mass is 35.5. The van der Waals surface area contributed by atoms with Gasteiger partial charge in [-0.1, -0.05) is 24.4 Å². The Bertz CT molecular complexity index is 383. The second-order valence-corrected chi connectivity index (χ2v) is 4.49. The molecule has 0 aromatic heterocycles. The molecule has 2 nitrogen and oxygen atoms in total. The summed E-state index contributed by atoms with van der Waals surface area (Å²) in [6, 6.07) is 4.96. The molecule has 1 aliphatic rings. The standard InChI is InChI=1S/C12H14ClNO/c13-9-5-6-10(11(15)7-9)12(14)8-3-1-2-4-8/h5-8,14-15H,1-4H2. The Balaban J connectivity index is 2.24. The summed E-state index contributed by atoms with van der Waals surface area (Å²) in [5.74, 6) is 0.441. The third kappa shape index (κ3) is 2.15. The molecule has 2 rings (SSSR count). The van der Waals surface area contributed by atoms with Gasteiger partial charge < -0.3 is 10.5 Å². The Morgan fingerprint density at radius 3 is 2.60 bits per heavy atom. The number of nitrogens with one attached hydrogen (secondary N) is 1. The molecule has 0 unspecified atom stereocenters. The summed E-state index contributed by atoms with van der Waals surface area (Å²) in [6.45, 7) is 0. The molecule has 1 saturated carbocycles. The van der Waals surface area contributed by atoms with E-state index < -0.39 is 0 Å². The second-order valence-electron chi connectivity index (χ2n) is 4.06. The lowest BCUT2D eigenvalue weighted by molar-refractivity contribution is 0.473. The van der Waals surface area contributed by atoms with Crippen LogP contribution in [0.2, 0.25) is 5.02 Å². The van der Waals surface area contributed by atoms with Crippen LogP contribution < -0.4 is 0 Å². The van der Waals surface area contributed by atoms with Gasteiger partial charge in [-0.05, 0) is 31.0 Å². The van der Waals surface area contributed by atoms with E-state index in [4.69, 9.17) is 17.0 Å². The minimum Gasteiger partial charge on any atom is -0.507 e. The van der Waals surface area contributed by atoms with E-state index >= 15 is 0 Å². The molecule has 15 heavy (non-hydrogen) atoms. The fourth-order valence-corrected chi connectivity index (χ4v) is 2.33. The van der Waals surface area contributed by atoms with Crippen LogP contribution in [0.4, 0.5) is 0 Å². The van der Waals surface area contributed by atoms with Crippen LogP contribution in [0.1, 0.15) is 31.2 Å². The molecule has 1 aromatic rings. The summed E-state index contributed by atoms with van der Waals surface area (Å²) in [5.41, 5.74) is 1.19. The largest absolute Gasteiger partial charge is 0.507 e. The zero-order valence-corrected chi connectivity index (χ0v) is 9.22. The lowest BCUT2D eigenvalue weighted by Crippen LogP contribution is -2.11. The Labute approximate surface area is 94.4 Å². The molecule has 0 heterocycles. The van der Waals surface area contributed by atoms with Crippen LogP contribution in [0.3, 0.4) is 0 Å². The maximum atomic E-state index is 9.70. The van der Waals surface area contributed by atoms with Crippen molar-refractivity contribution in [3.63, 3.8) is 0 Å². The molecule has 0 amide bonds. The van der Waals surface area contributed by atoms with Gasteiger partial charge in [-0.25, -0.2) is 0 Å². The Kier molecular flexibility index (Phi) is 2.96. The predicted molar refractivity (Wildman–Crippen MR) is 61.9 cm³/mol. The molecule has 80 valence electrons. The fraction of sp³-hybridized carbons (Fsp3) is 0.417. The maximum absolute atomic E-state index is 9.70. The molecule has 0 radical (unpaired) electrons. The Morgan fingerprint density at radius 2 is 2.00 bits per heavy atom. The van der Waals surface area contributed by atoms with Crippen molar-refractivity contribution in [3.05, 3.63) is 28.8 Å². The number of hydrogen-bond acceptors (Lipinski definition) is 2. The lowest BCUT2D eigenvalue weighted by Gasteiger charge is -2.12. The van der Waals surface area contributed by atoms with Gasteiger partial charge in [0.15, 0.2) is 0 Å². The molecule has 0 atom stereocenters. The molecule has 0 bridgehead atoms. The van der Waals surface area contributed by atoms with Gasteiger partial charge >= 0.3 is 0 Å². The molecule has 0 spiro atoms. The number of rotatable bonds is 2. The summed E-state index contributed by atoms with van der Waals surface area (Å²) in [7, 11) is 0. The molecular weight excluding hydrogens is 210 g/mol. The highest BCUT2D eigenvalue weighted by molar-refractivity contribution is 6.30. The van der Waals surface area contributed by atoms with E-state index in [0.717, 1.165) is 12.8 Å². The lowest BCUT2D eigenvalue weighted by atomic mass is 9.95. The predicted octanol–water partition coefficient (Wildman–Crippen LogP) is 3.60. The van der Waals surface area contributed by atoms with Crippen molar-refractivity contribution in [1.82, 2.24) is 0 Å². The van der Waals surface area contributed by atoms with E-state index in [-0.39, 0.29) is 5.75 Å². The molecular formula is C12H14ClNO. The average molecular weight is 224 g/mol. The number of hydrogen-bond donors (Lipinski definition) is 2. The van der Waals surface area contributed by atoms with Crippen LogP contribution in [0.5, 0.6) is 5.75 Å². The van der Waals surface area contributed by atoms with Gasteiger partial charge in [0.2, 0.25) is 0 Å². The molecule has 1 aliphatic carbocycles. The topological polar surface area (TPSA) is 44.1 Å². The van der Waals surface area contributed by atoms with Crippen LogP contribution in [0.15, 0.2) is 18.2 Å². The van der Waals surface area contributed by atoms with Gasteiger partial charge in [-0.15, -0.1) is 0 Å². The first-order valence-corrected chi connectivity index (χ1v) is 5.63. The van der Waals surface area contributed by atoms with E-state index in [0.29, 0.717) is 22.2 Å². The van der Waals surface area contributed by atoms with Crippen molar-refractivity contribution < 1.29 is 5.11 Å². The zero-order valence-electron chi connectivity index (χ0n) is 8.46. The van der Waals surface area contributed by atoms with Crippen molar-refractivity contribution in [3.8, 4) is 5.75 Å². The highest BCUT2D eigenvalue weighted by Gasteiger charge is 2.22. The normalized spacial score (nSPS) is 16.9. The molecule has 3 heteroatoms. The van der Waals surface area contributed by atoms with Gasteiger partial charge in [0.25, 0.3) is 0 Å². The van der Waals surface area contributed by atoms with E-state index in [1.165, 1.54) is 18.9 Å². The van der Waals surface area contributed by atoms with Crippen LogP contribution in [0.25, 0.3) is 0 Å². The van der Waals surface area contributed by atoms with Crippen LogP contribution in [-0.2, 0) is 0 Å². The first kappa shape index (κ1) is 10.5. The Morgan fingerprint density at radius 1 is 1.33 bits per heavy atom. The van der Waals surface area contributed by atoms with Crippen molar-refractivity contribution in [2.45, 2.75) is 25.7 Å². The second kappa shape index (κ2) is 4.23. The minimum absolute atomic E-state index is 0.124. The maximum Gasteiger partial charge on any atom is 0.126 e. The summed E-state index contributed by atoms with van der Waals surface area (Å²) in [4.78, 5) is 0. The van der Waals surface area contributed by atoms with E-state index in [9.17, 15) is 5.11 Å². The molecule has 1 aromatic carbocycles. The summed E-state index contributed by atoms with van der Waals surface area (Å²) < 4.78 is 0. The fourth-order valence-electron chi connectivity index (χ4n) is 2.17.